The van der Waals surface area contributed by atoms with Crippen molar-refractivity contribution in [2.45, 2.75) is 40.2 Å². The van der Waals surface area contributed by atoms with Crippen LogP contribution in [-0.2, 0) is 33.3 Å². The molecule has 0 aromatic heterocycles. The Balaban J connectivity index is 5.00. The van der Waals surface area contributed by atoms with Gasteiger partial charge in [-0.2, -0.15) is 0 Å². The Labute approximate surface area is 136 Å². The van der Waals surface area contributed by atoms with E-state index in [1.54, 1.807) is 33.8 Å². The molecular weight excluding hydrogens is 304 g/mol. The van der Waals surface area contributed by atoms with Crippen LogP contribution in [0.4, 0.5) is 0 Å². The van der Waals surface area contributed by atoms with E-state index in [0.717, 1.165) is 7.11 Å². The predicted molar refractivity (Wildman–Crippen MR) is 82.6 cm³/mol. The maximum absolute atomic E-state index is 12.0. The van der Waals surface area contributed by atoms with Gasteiger partial charge in [-0.3, -0.25) is 0 Å². The zero-order valence-electron chi connectivity index (χ0n) is 14.6. The van der Waals surface area contributed by atoms with E-state index in [1.807, 2.05) is 0 Å². The minimum Gasteiger partial charge on any atom is -0.466 e. The minimum atomic E-state index is -1.86. The second-order valence-corrected chi connectivity index (χ2v) is 5.61. The van der Waals surface area contributed by atoms with Gasteiger partial charge in [0.25, 0.3) is 5.60 Å². The lowest BCUT2D eigenvalue weighted by Crippen LogP contribution is -2.49. The van der Waals surface area contributed by atoms with Gasteiger partial charge in [0.15, 0.2) is 0 Å². The quantitative estimate of drug-likeness (QED) is 0.275. The summed E-state index contributed by atoms with van der Waals surface area (Å²) in [6.07, 6.45) is 2.88. The summed E-state index contributed by atoms with van der Waals surface area (Å²) in [6.45, 7) is 8.58. The average Bonchev–Trinajstić information content (AvgIpc) is 2.50. The summed E-state index contributed by atoms with van der Waals surface area (Å²) >= 11 is 0. The van der Waals surface area contributed by atoms with Crippen LogP contribution in [0.1, 0.15) is 34.6 Å². The second kappa shape index (κ2) is 9.29. The molecule has 0 unspecified atom stereocenters. The minimum absolute atomic E-state index is 0.00663. The molecule has 1 atom stereocenters. The first-order chi connectivity index (χ1) is 10.6. The fourth-order valence-corrected chi connectivity index (χ4v) is 1.53. The van der Waals surface area contributed by atoms with E-state index >= 15 is 0 Å². The number of esters is 3. The molecule has 0 aliphatic heterocycles. The zero-order valence-corrected chi connectivity index (χ0v) is 14.6. The van der Waals surface area contributed by atoms with E-state index in [1.165, 1.54) is 13.0 Å². The van der Waals surface area contributed by atoms with Gasteiger partial charge in [-0.1, -0.05) is 19.9 Å². The highest BCUT2D eigenvalue weighted by molar-refractivity contribution is 6.03. The van der Waals surface area contributed by atoms with Crippen LogP contribution >= 0.6 is 0 Å². The molecule has 0 amide bonds. The molecule has 0 aromatic carbocycles. The Morgan fingerprint density at radius 3 is 2.00 bits per heavy atom. The van der Waals surface area contributed by atoms with E-state index in [9.17, 15) is 14.4 Å². The van der Waals surface area contributed by atoms with Crippen molar-refractivity contribution < 1.29 is 33.3 Å². The number of carbonyl (C=O) groups is 3. The van der Waals surface area contributed by atoms with E-state index < -0.39 is 28.9 Å². The van der Waals surface area contributed by atoms with Gasteiger partial charge in [0, 0.05) is 11.5 Å². The van der Waals surface area contributed by atoms with Crippen LogP contribution in [0.3, 0.4) is 0 Å². The Morgan fingerprint density at radius 2 is 1.52 bits per heavy atom. The number of carbonyl (C=O) groups excluding carboxylic acids is 3. The first kappa shape index (κ1) is 21.1. The van der Waals surface area contributed by atoms with Gasteiger partial charge in [-0.15, -0.1) is 0 Å². The Bertz CT molecular complexity index is 453. The van der Waals surface area contributed by atoms with Crippen molar-refractivity contribution in [2.24, 2.45) is 5.41 Å². The zero-order chi connectivity index (χ0) is 18.1. The first-order valence-corrected chi connectivity index (χ1v) is 7.38. The highest BCUT2D eigenvalue weighted by Crippen LogP contribution is 2.23. The maximum Gasteiger partial charge on any atom is 0.349 e. The summed E-state index contributed by atoms with van der Waals surface area (Å²) in [5, 5.41) is 0. The molecule has 0 N–H and O–H groups in total. The van der Waals surface area contributed by atoms with Gasteiger partial charge in [-0.25, -0.2) is 14.4 Å². The number of hydrogen-bond acceptors (Lipinski definition) is 7. The highest BCUT2D eigenvalue weighted by atomic mass is 16.6. The smallest absolute Gasteiger partial charge is 0.349 e. The molecule has 7 heteroatoms. The molecular formula is C16H26O7. The topological polar surface area (TPSA) is 88.1 Å². The van der Waals surface area contributed by atoms with Gasteiger partial charge in [0.05, 0.1) is 26.9 Å². The summed E-state index contributed by atoms with van der Waals surface area (Å²) < 4.78 is 19.8. The van der Waals surface area contributed by atoms with Crippen LogP contribution in [0.15, 0.2) is 12.2 Å². The molecule has 0 bridgehead atoms. The molecule has 23 heavy (non-hydrogen) atoms. The maximum atomic E-state index is 12.0. The van der Waals surface area contributed by atoms with Crippen molar-refractivity contribution in [2.75, 3.05) is 26.9 Å². The number of rotatable bonds is 9. The SMILES string of the molecule is CCOC(=O)/C=C/C(C)(C)CO[C@@](C)(C(=O)OC)C(=O)OCC. The number of methoxy groups -OCH3 is 1. The molecule has 132 valence electrons. The molecule has 0 aliphatic carbocycles. The lowest BCUT2D eigenvalue weighted by Gasteiger charge is -2.29. The molecule has 0 saturated carbocycles. The van der Waals surface area contributed by atoms with Gasteiger partial charge >= 0.3 is 17.9 Å². The van der Waals surface area contributed by atoms with Crippen LogP contribution in [0.2, 0.25) is 0 Å². The lowest BCUT2D eigenvalue weighted by molar-refractivity contribution is -0.189. The van der Waals surface area contributed by atoms with Crippen molar-refractivity contribution in [3.8, 4) is 0 Å². The van der Waals surface area contributed by atoms with Crippen molar-refractivity contribution >= 4 is 17.9 Å². The van der Waals surface area contributed by atoms with E-state index in [2.05, 4.69) is 4.74 Å². The number of ether oxygens (including phenoxy) is 4. The molecule has 0 heterocycles. The van der Waals surface area contributed by atoms with Gasteiger partial charge in [0.2, 0.25) is 0 Å². The largest absolute Gasteiger partial charge is 0.466 e. The Morgan fingerprint density at radius 1 is 0.957 bits per heavy atom. The molecule has 0 fully saturated rings. The second-order valence-electron chi connectivity index (χ2n) is 5.61. The summed E-state index contributed by atoms with van der Waals surface area (Å²) in [6, 6.07) is 0. The van der Waals surface area contributed by atoms with Crippen molar-refractivity contribution in [1.29, 1.82) is 0 Å². The average molecular weight is 330 g/mol. The third-order valence-corrected chi connectivity index (χ3v) is 2.93. The van der Waals surface area contributed by atoms with Crippen LogP contribution in [0.25, 0.3) is 0 Å². The summed E-state index contributed by atoms with van der Waals surface area (Å²) in [5.74, 6) is -2.14. The van der Waals surface area contributed by atoms with Gasteiger partial charge < -0.3 is 18.9 Å². The van der Waals surface area contributed by atoms with Gasteiger partial charge in [0.1, 0.15) is 0 Å². The molecule has 0 spiro atoms. The normalized spacial score (nSPS) is 14.2. The van der Waals surface area contributed by atoms with Crippen LogP contribution in [0, 0.1) is 5.41 Å². The van der Waals surface area contributed by atoms with Crippen LogP contribution in [-0.4, -0.2) is 50.4 Å². The van der Waals surface area contributed by atoms with Crippen molar-refractivity contribution in [3.63, 3.8) is 0 Å². The first-order valence-electron chi connectivity index (χ1n) is 7.38. The van der Waals surface area contributed by atoms with E-state index in [4.69, 9.17) is 14.2 Å². The van der Waals surface area contributed by atoms with Crippen molar-refractivity contribution in [1.82, 2.24) is 0 Å². The van der Waals surface area contributed by atoms with E-state index in [-0.39, 0.29) is 19.8 Å². The standard InChI is InChI=1S/C16H26O7/c1-7-21-12(17)9-10-15(3,4)11-23-16(5,13(18)20-6)14(19)22-8-2/h9-10H,7-8,11H2,1-6H3/b10-9+/t16-/m0/s1. The molecule has 0 aromatic rings. The van der Waals surface area contributed by atoms with Gasteiger partial charge in [-0.05, 0) is 20.8 Å². The fraction of sp³-hybridized carbons (Fsp3) is 0.688. The summed E-state index contributed by atoms with van der Waals surface area (Å²) in [5.41, 5.74) is -2.48. The predicted octanol–water partition coefficient (Wildman–Crippen LogP) is 1.64. The number of hydrogen-bond donors (Lipinski definition) is 0. The monoisotopic (exact) mass is 330 g/mol. The summed E-state index contributed by atoms with van der Waals surface area (Å²) in [7, 11) is 1.16. The lowest BCUT2D eigenvalue weighted by atomic mass is 9.93. The fourth-order valence-electron chi connectivity index (χ4n) is 1.53. The third-order valence-electron chi connectivity index (χ3n) is 2.93. The van der Waals surface area contributed by atoms with Crippen molar-refractivity contribution in [3.05, 3.63) is 12.2 Å². The molecule has 0 saturated heterocycles. The molecule has 7 nitrogen and oxygen atoms in total. The van der Waals surface area contributed by atoms with Crippen LogP contribution < -0.4 is 0 Å². The highest BCUT2D eigenvalue weighted by Gasteiger charge is 2.46. The summed E-state index contributed by atoms with van der Waals surface area (Å²) in [4.78, 5) is 35.2. The Hall–Kier alpha value is -1.89. The Kier molecular flexibility index (Phi) is 8.53. The van der Waals surface area contributed by atoms with Crippen LogP contribution in [0.5, 0.6) is 0 Å². The van der Waals surface area contributed by atoms with E-state index in [0.29, 0.717) is 0 Å². The third kappa shape index (κ3) is 6.81. The molecule has 0 rings (SSSR count). The molecule has 0 aliphatic rings. The molecule has 0 radical (unpaired) electrons.